The van der Waals surface area contributed by atoms with Crippen LogP contribution in [0.25, 0.3) is 33.1 Å². The molecular formula is C18H13F2N5O3. The predicted octanol–water partition coefficient (Wildman–Crippen LogP) is 3.31. The normalized spacial score (nSPS) is 11.1. The van der Waals surface area contributed by atoms with Crippen LogP contribution in [0, 0.1) is 11.6 Å². The number of ether oxygens (including phenoxy) is 1. The van der Waals surface area contributed by atoms with Crippen LogP contribution in [0.3, 0.4) is 0 Å². The molecule has 0 saturated heterocycles. The van der Waals surface area contributed by atoms with Gasteiger partial charge in [-0.15, -0.1) is 0 Å². The Kier molecular flexibility index (Phi) is 4.22. The van der Waals surface area contributed by atoms with E-state index in [1.54, 1.807) is 25.1 Å². The van der Waals surface area contributed by atoms with Crippen LogP contribution in [0.4, 0.5) is 19.5 Å². The zero-order chi connectivity index (χ0) is 19.8. The minimum absolute atomic E-state index is 0.0661. The van der Waals surface area contributed by atoms with Crippen molar-refractivity contribution >= 4 is 33.8 Å². The van der Waals surface area contributed by atoms with Crippen LogP contribution in [0.5, 0.6) is 0 Å². The van der Waals surface area contributed by atoms with Crippen LogP contribution in [0.1, 0.15) is 6.92 Å². The summed E-state index contributed by atoms with van der Waals surface area (Å²) in [5.74, 6) is -1.44. The Labute approximate surface area is 155 Å². The maximum Gasteiger partial charge on any atom is 0.413 e. The van der Waals surface area contributed by atoms with Crippen molar-refractivity contribution in [3.05, 3.63) is 52.3 Å². The van der Waals surface area contributed by atoms with Gasteiger partial charge in [0.2, 0.25) is 5.95 Å². The molecule has 2 aromatic heterocycles. The molecular weight excluding hydrogens is 372 g/mol. The molecule has 3 N–H and O–H groups in total. The summed E-state index contributed by atoms with van der Waals surface area (Å²) in [4.78, 5) is 30.5. The highest BCUT2D eigenvalue weighted by atomic mass is 19.1. The molecule has 4 rings (SSSR count). The van der Waals surface area contributed by atoms with Gasteiger partial charge in [0.1, 0.15) is 17.3 Å². The van der Waals surface area contributed by atoms with Crippen molar-refractivity contribution in [1.82, 2.24) is 20.2 Å². The van der Waals surface area contributed by atoms with Crippen LogP contribution in [-0.4, -0.2) is 32.9 Å². The molecule has 0 bridgehead atoms. The Morgan fingerprint density at radius 3 is 2.68 bits per heavy atom. The molecule has 0 aliphatic carbocycles. The van der Waals surface area contributed by atoms with Gasteiger partial charge in [0, 0.05) is 5.56 Å². The first-order valence-corrected chi connectivity index (χ1v) is 8.28. The molecule has 10 heteroatoms. The number of benzene rings is 2. The van der Waals surface area contributed by atoms with Gasteiger partial charge in [0.05, 0.1) is 28.4 Å². The molecule has 8 nitrogen and oxygen atoms in total. The lowest BCUT2D eigenvalue weighted by atomic mass is 10.0. The highest BCUT2D eigenvalue weighted by molar-refractivity contribution is 5.96. The third-order valence-corrected chi connectivity index (χ3v) is 4.09. The first kappa shape index (κ1) is 17.6. The van der Waals surface area contributed by atoms with E-state index in [2.05, 4.69) is 25.5 Å². The van der Waals surface area contributed by atoms with Crippen molar-refractivity contribution in [2.45, 2.75) is 6.92 Å². The first-order valence-electron chi connectivity index (χ1n) is 8.28. The van der Waals surface area contributed by atoms with Gasteiger partial charge < -0.3 is 9.72 Å². The molecule has 0 unspecified atom stereocenters. The quantitative estimate of drug-likeness (QED) is 0.501. The maximum atomic E-state index is 14.4. The number of halogens is 2. The van der Waals surface area contributed by atoms with Crippen molar-refractivity contribution in [3.63, 3.8) is 0 Å². The summed E-state index contributed by atoms with van der Waals surface area (Å²) in [6.07, 6.45) is -0.660. The minimum atomic E-state index is -0.844. The second kappa shape index (κ2) is 6.72. The fraction of sp³-hybridized carbons (Fsp3) is 0.111. The molecule has 0 aliphatic rings. The van der Waals surface area contributed by atoms with Crippen LogP contribution in [0.15, 0.2) is 35.1 Å². The standard InChI is InChI=1S/C18H13F2N5O3/c1-2-28-18(27)23-17-21-11-6-3-8(7-12(11)22-17)15-13-9(19)4-5-10(20)14(13)16(26)25-24-15/h3-7H,2H2,1H3,(H,25,26)(H2,21,22,23,27). The predicted molar refractivity (Wildman–Crippen MR) is 98.0 cm³/mol. The number of carbonyl (C=O) groups excluding carboxylic acids is 1. The molecule has 28 heavy (non-hydrogen) atoms. The molecule has 2 aromatic carbocycles. The Hall–Kier alpha value is -3.82. The lowest BCUT2D eigenvalue weighted by Crippen LogP contribution is -2.14. The van der Waals surface area contributed by atoms with Crippen LogP contribution >= 0.6 is 0 Å². The lowest BCUT2D eigenvalue weighted by molar-refractivity contribution is 0.167. The van der Waals surface area contributed by atoms with Gasteiger partial charge in [-0.2, -0.15) is 5.10 Å². The maximum absolute atomic E-state index is 14.4. The van der Waals surface area contributed by atoms with Gasteiger partial charge in [-0.25, -0.2) is 23.7 Å². The smallest absolute Gasteiger partial charge is 0.413 e. The number of nitrogens with one attached hydrogen (secondary N) is 3. The number of nitrogens with zero attached hydrogens (tertiary/aromatic N) is 2. The van der Waals surface area contributed by atoms with Crippen molar-refractivity contribution in [2.75, 3.05) is 11.9 Å². The first-order chi connectivity index (χ1) is 13.5. The summed E-state index contributed by atoms with van der Waals surface area (Å²) < 4.78 is 33.3. The van der Waals surface area contributed by atoms with Gasteiger partial charge in [-0.05, 0) is 31.2 Å². The van der Waals surface area contributed by atoms with Crippen LogP contribution < -0.4 is 10.9 Å². The van der Waals surface area contributed by atoms with Gasteiger partial charge in [-0.1, -0.05) is 6.07 Å². The van der Waals surface area contributed by atoms with Crippen molar-refractivity contribution < 1.29 is 18.3 Å². The van der Waals surface area contributed by atoms with E-state index in [4.69, 9.17) is 4.74 Å². The van der Waals surface area contributed by atoms with E-state index in [9.17, 15) is 18.4 Å². The summed E-state index contributed by atoms with van der Waals surface area (Å²) in [5.41, 5.74) is 0.694. The fourth-order valence-electron chi connectivity index (χ4n) is 2.91. The number of hydrogen-bond acceptors (Lipinski definition) is 5. The van der Waals surface area contributed by atoms with Crippen molar-refractivity contribution in [2.24, 2.45) is 0 Å². The lowest BCUT2D eigenvalue weighted by Gasteiger charge is -2.07. The zero-order valence-electron chi connectivity index (χ0n) is 14.5. The highest BCUT2D eigenvalue weighted by Crippen LogP contribution is 2.30. The second-order valence-corrected chi connectivity index (χ2v) is 5.84. The summed E-state index contributed by atoms with van der Waals surface area (Å²) in [6.45, 7) is 1.89. The summed E-state index contributed by atoms with van der Waals surface area (Å²) in [6, 6.07) is 6.66. The Bertz CT molecular complexity index is 1280. The van der Waals surface area contributed by atoms with Crippen LogP contribution in [-0.2, 0) is 4.74 Å². The third-order valence-electron chi connectivity index (χ3n) is 4.09. The number of aromatic nitrogens is 4. The molecule has 0 radical (unpaired) electrons. The van der Waals surface area contributed by atoms with Crippen molar-refractivity contribution in [3.8, 4) is 11.3 Å². The monoisotopic (exact) mass is 385 g/mol. The topological polar surface area (TPSA) is 113 Å². The van der Waals surface area contributed by atoms with E-state index in [0.717, 1.165) is 12.1 Å². The van der Waals surface area contributed by atoms with Gasteiger partial charge >= 0.3 is 6.09 Å². The number of fused-ring (bicyclic) bond motifs is 2. The zero-order valence-corrected chi connectivity index (χ0v) is 14.5. The number of carbonyl (C=O) groups is 1. The van der Waals surface area contributed by atoms with E-state index < -0.39 is 28.7 Å². The average molecular weight is 385 g/mol. The van der Waals surface area contributed by atoms with E-state index in [1.807, 2.05) is 0 Å². The van der Waals surface area contributed by atoms with Gasteiger partial charge in [0.25, 0.3) is 5.56 Å². The molecule has 0 atom stereocenters. The second-order valence-electron chi connectivity index (χ2n) is 5.84. The average Bonchev–Trinajstić information content (AvgIpc) is 3.06. The summed E-state index contributed by atoms with van der Waals surface area (Å²) in [7, 11) is 0. The molecule has 0 saturated carbocycles. The summed E-state index contributed by atoms with van der Waals surface area (Å²) >= 11 is 0. The van der Waals surface area contributed by atoms with E-state index >= 15 is 0 Å². The summed E-state index contributed by atoms with van der Waals surface area (Å²) in [5, 5.41) is 7.90. The SMILES string of the molecule is CCOC(=O)Nc1nc2cc(-c3n[nH]c(=O)c4c(F)ccc(F)c34)ccc2[nH]1. The number of hydrogen-bond donors (Lipinski definition) is 3. The molecule has 0 fully saturated rings. The molecule has 0 spiro atoms. The van der Waals surface area contributed by atoms with E-state index in [-0.39, 0.29) is 23.6 Å². The number of amides is 1. The highest BCUT2D eigenvalue weighted by Gasteiger charge is 2.17. The largest absolute Gasteiger partial charge is 0.450 e. The molecule has 0 aliphatic heterocycles. The Morgan fingerprint density at radius 2 is 1.93 bits per heavy atom. The Balaban J connectivity index is 1.84. The number of rotatable bonds is 3. The molecule has 1 amide bonds. The molecule has 4 aromatic rings. The number of imidazole rings is 1. The number of anilines is 1. The number of aromatic amines is 2. The van der Waals surface area contributed by atoms with Gasteiger partial charge in [0.15, 0.2) is 0 Å². The number of H-pyrrole nitrogens is 2. The third kappa shape index (κ3) is 2.94. The molecule has 2 heterocycles. The Morgan fingerprint density at radius 1 is 1.18 bits per heavy atom. The van der Waals surface area contributed by atoms with Crippen molar-refractivity contribution in [1.29, 1.82) is 0 Å². The van der Waals surface area contributed by atoms with Crippen LogP contribution in [0.2, 0.25) is 0 Å². The van der Waals surface area contributed by atoms with E-state index in [0.29, 0.717) is 16.6 Å². The minimum Gasteiger partial charge on any atom is -0.450 e. The molecule has 142 valence electrons. The fourth-order valence-corrected chi connectivity index (χ4v) is 2.91. The van der Waals surface area contributed by atoms with E-state index in [1.165, 1.54) is 0 Å². The van der Waals surface area contributed by atoms with Gasteiger partial charge in [-0.3, -0.25) is 10.1 Å².